The Hall–Kier alpha value is -2.09. The minimum absolute atomic E-state index is 0.00375. The van der Waals surface area contributed by atoms with Crippen LogP contribution in [0.3, 0.4) is 0 Å². The molecule has 8 heteroatoms. The minimum Gasteiger partial charge on any atom is -0.481 e. The lowest BCUT2D eigenvalue weighted by Crippen LogP contribution is -2.38. The summed E-state index contributed by atoms with van der Waals surface area (Å²) >= 11 is 0. The normalized spacial score (nSPS) is 11.8. The van der Waals surface area contributed by atoms with Gasteiger partial charge in [-0.2, -0.15) is 0 Å². The maximum atomic E-state index is 12.1. The Morgan fingerprint density at radius 3 is 2.48 bits per heavy atom. The molecule has 0 aromatic heterocycles. The van der Waals surface area contributed by atoms with Crippen LogP contribution in [0.4, 0.5) is 5.69 Å². The molecule has 3 N–H and O–H groups in total. The maximum Gasteiger partial charge on any atom is 0.310 e. The SMILES string of the molecule is CCCS(=O)(=O)Nc1cccc(C(=O)NCC(C)(C)C(=O)O)c1. The second kappa shape index (κ2) is 7.45. The van der Waals surface area contributed by atoms with Crippen molar-refractivity contribution < 1.29 is 23.1 Å². The first-order valence-corrected chi connectivity index (χ1v) is 8.85. The van der Waals surface area contributed by atoms with E-state index >= 15 is 0 Å². The molecular weight excluding hydrogens is 320 g/mol. The number of rotatable bonds is 8. The van der Waals surface area contributed by atoms with Crippen LogP contribution in [0.15, 0.2) is 24.3 Å². The Balaban J connectivity index is 2.80. The molecule has 0 atom stereocenters. The fraction of sp³-hybridized carbons (Fsp3) is 0.467. The van der Waals surface area contributed by atoms with Crippen molar-refractivity contribution >= 4 is 27.6 Å². The topological polar surface area (TPSA) is 113 Å². The number of carbonyl (C=O) groups is 2. The van der Waals surface area contributed by atoms with E-state index in [-0.39, 0.29) is 17.9 Å². The van der Waals surface area contributed by atoms with Crippen LogP contribution in [0, 0.1) is 5.41 Å². The summed E-state index contributed by atoms with van der Waals surface area (Å²) < 4.78 is 25.9. The Bertz CT molecular complexity index is 683. The maximum absolute atomic E-state index is 12.1. The van der Waals surface area contributed by atoms with E-state index in [0.717, 1.165) is 0 Å². The highest BCUT2D eigenvalue weighted by Gasteiger charge is 2.27. The molecule has 0 fully saturated rings. The number of anilines is 1. The number of carboxylic acid groups (broad SMARTS) is 1. The molecule has 1 rings (SSSR count). The second-order valence-electron chi connectivity index (χ2n) is 5.87. The Morgan fingerprint density at radius 1 is 1.26 bits per heavy atom. The first-order chi connectivity index (χ1) is 10.6. The third-order valence-corrected chi connectivity index (χ3v) is 4.63. The summed E-state index contributed by atoms with van der Waals surface area (Å²) in [6, 6.07) is 6.04. The zero-order valence-electron chi connectivity index (χ0n) is 13.4. The van der Waals surface area contributed by atoms with E-state index in [4.69, 9.17) is 5.11 Å². The number of nitrogens with one attached hydrogen (secondary N) is 2. The fourth-order valence-electron chi connectivity index (χ4n) is 1.70. The molecule has 0 heterocycles. The summed E-state index contributed by atoms with van der Waals surface area (Å²) in [4.78, 5) is 23.1. The molecule has 1 aromatic rings. The van der Waals surface area contributed by atoms with Gasteiger partial charge in [-0.15, -0.1) is 0 Å². The van der Waals surface area contributed by atoms with E-state index in [1.807, 2.05) is 0 Å². The molecule has 7 nitrogen and oxygen atoms in total. The van der Waals surface area contributed by atoms with Crippen molar-refractivity contribution in [3.05, 3.63) is 29.8 Å². The summed E-state index contributed by atoms with van der Waals surface area (Å²) in [5.41, 5.74) is -0.540. The molecule has 23 heavy (non-hydrogen) atoms. The number of amides is 1. The lowest BCUT2D eigenvalue weighted by atomic mass is 9.94. The zero-order valence-corrected chi connectivity index (χ0v) is 14.2. The molecule has 0 saturated heterocycles. The average molecular weight is 342 g/mol. The van der Waals surface area contributed by atoms with Crippen LogP contribution in [-0.2, 0) is 14.8 Å². The molecule has 0 bridgehead atoms. The molecule has 0 spiro atoms. The van der Waals surface area contributed by atoms with Gasteiger partial charge in [-0.25, -0.2) is 8.42 Å². The number of hydrogen-bond donors (Lipinski definition) is 3. The predicted octanol–water partition coefficient (Wildman–Crippen LogP) is 1.68. The van der Waals surface area contributed by atoms with Gasteiger partial charge in [0.05, 0.1) is 11.2 Å². The summed E-state index contributed by atoms with van der Waals surface area (Å²) in [6.45, 7) is 4.73. The van der Waals surface area contributed by atoms with Crippen molar-refractivity contribution in [2.24, 2.45) is 5.41 Å². The van der Waals surface area contributed by atoms with Crippen LogP contribution in [-0.4, -0.2) is 37.7 Å². The summed E-state index contributed by atoms with van der Waals surface area (Å²) in [7, 11) is -3.43. The van der Waals surface area contributed by atoms with Crippen LogP contribution < -0.4 is 10.0 Å². The third kappa shape index (κ3) is 5.90. The van der Waals surface area contributed by atoms with Crippen molar-refractivity contribution in [1.82, 2.24) is 5.32 Å². The molecule has 1 aromatic carbocycles. The van der Waals surface area contributed by atoms with Crippen LogP contribution >= 0.6 is 0 Å². The highest BCUT2D eigenvalue weighted by Crippen LogP contribution is 2.15. The summed E-state index contributed by atoms with van der Waals surface area (Å²) in [5.74, 6) is -1.48. The largest absolute Gasteiger partial charge is 0.481 e. The quantitative estimate of drug-likeness (QED) is 0.665. The molecular formula is C15H22N2O5S. The number of sulfonamides is 1. The van der Waals surface area contributed by atoms with Gasteiger partial charge in [-0.3, -0.25) is 14.3 Å². The van der Waals surface area contributed by atoms with E-state index in [1.165, 1.54) is 26.0 Å². The van der Waals surface area contributed by atoms with Crippen molar-refractivity contribution in [2.75, 3.05) is 17.0 Å². The van der Waals surface area contributed by atoms with Gasteiger partial charge in [0, 0.05) is 17.8 Å². The molecule has 128 valence electrons. The van der Waals surface area contributed by atoms with E-state index < -0.39 is 27.3 Å². The Kier molecular flexibility index (Phi) is 6.14. The van der Waals surface area contributed by atoms with Gasteiger partial charge in [0.15, 0.2) is 0 Å². The molecule has 0 aliphatic rings. The number of aliphatic carboxylic acids is 1. The smallest absolute Gasteiger partial charge is 0.310 e. The Labute approximate surface area is 136 Å². The Morgan fingerprint density at radius 2 is 1.91 bits per heavy atom. The van der Waals surface area contributed by atoms with E-state index in [2.05, 4.69) is 10.0 Å². The van der Waals surface area contributed by atoms with Gasteiger partial charge in [-0.1, -0.05) is 13.0 Å². The highest BCUT2D eigenvalue weighted by atomic mass is 32.2. The van der Waals surface area contributed by atoms with Crippen molar-refractivity contribution in [1.29, 1.82) is 0 Å². The first kappa shape index (κ1) is 19.0. The minimum atomic E-state index is -3.43. The number of benzene rings is 1. The van der Waals surface area contributed by atoms with Gasteiger partial charge < -0.3 is 10.4 Å². The van der Waals surface area contributed by atoms with Crippen LogP contribution in [0.1, 0.15) is 37.6 Å². The van der Waals surface area contributed by atoms with Gasteiger partial charge in [0.2, 0.25) is 10.0 Å². The number of carbonyl (C=O) groups excluding carboxylic acids is 1. The fourth-order valence-corrected chi connectivity index (χ4v) is 2.83. The molecule has 1 amide bonds. The molecule has 0 aliphatic heterocycles. The van der Waals surface area contributed by atoms with Crippen molar-refractivity contribution in [3.63, 3.8) is 0 Å². The van der Waals surface area contributed by atoms with Gasteiger partial charge in [0.1, 0.15) is 0 Å². The third-order valence-electron chi connectivity index (χ3n) is 3.14. The van der Waals surface area contributed by atoms with Gasteiger partial charge in [-0.05, 0) is 38.5 Å². The van der Waals surface area contributed by atoms with Crippen LogP contribution in [0.2, 0.25) is 0 Å². The average Bonchev–Trinajstić information content (AvgIpc) is 2.44. The lowest BCUT2D eigenvalue weighted by molar-refractivity contribution is -0.146. The number of hydrogen-bond acceptors (Lipinski definition) is 4. The van der Waals surface area contributed by atoms with Crippen molar-refractivity contribution in [2.45, 2.75) is 27.2 Å². The number of carboxylic acids is 1. The van der Waals surface area contributed by atoms with Crippen LogP contribution in [0.25, 0.3) is 0 Å². The second-order valence-corrected chi connectivity index (χ2v) is 7.72. The molecule has 0 radical (unpaired) electrons. The molecule has 0 saturated carbocycles. The van der Waals surface area contributed by atoms with E-state index in [9.17, 15) is 18.0 Å². The zero-order chi connectivity index (χ0) is 17.7. The first-order valence-electron chi connectivity index (χ1n) is 7.19. The van der Waals surface area contributed by atoms with E-state index in [0.29, 0.717) is 12.1 Å². The summed E-state index contributed by atoms with van der Waals surface area (Å²) in [5, 5.41) is 11.6. The van der Waals surface area contributed by atoms with Crippen molar-refractivity contribution in [3.8, 4) is 0 Å². The monoisotopic (exact) mass is 342 g/mol. The molecule has 0 aliphatic carbocycles. The molecule has 0 unspecified atom stereocenters. The van der Waals surface area contributed by atoms with E-state index in [1.54, 1.807) is 19.1 Å². The summed E-state index contributed by atoms with van der Waals surface area (Å²) in [6.07, 6.45) is 0.486. The highest BCUT2D eigenvalue weighted by molar-refractivity contribution is 7.92. The van der Waals surface area contributed by atoms with Gasteiger partial charge >= 0.3 is 5.97 Å². The predicted molar refractivity (Wildman–Crippen MR) is 87.9 cm³/mol. The van der Waals surface area contributed by atoms with Gasteiger partial charge in [0.25, 0.3) is 5.91 Å². The standard InChI is InChI=1S/C15H22N2O5S/c1-4-8-23(21,22)17-12-7-5-6-11(9-12)13(18)16-10-15(2,3)14(19)20/h5-7,9,17H,4,8,10H2,1-3H3,(H,16,18)(H,19,20). The van der Waals surface area contributed by atoms with Crippen LogP contribution in [0.5, 0.6) is 0 Å². The lowest BCUT2D eigenvalue weighted by Gasteiger charge is -2.19.